The summed E-state index contributed by atoms with van der Waals surface area (Å²) in [7, 11) is 0. The van der Waals surface area contributed by atoms with Crippen molar-refractivity contribution in [1.82, 2.24) is 10.2 Å². The van der Waals surface area contributed by atoms with E-state index in [2.05, 4.69) is 31.0 Å². The molecular weight excluding hydrogens is 267 g/mol. The molecule has 0 radical (unpaired) electrons. The van der Waals surface area contributed by atoms with E-state index in [1.807, 2.05) is 6.92 Å². The lowest BCUT2D eigenvalue weighted by Gasteiger charge is -2.41. The van der Waals surface area contributed by atoms with E-state index in [1.54, 1.807) is 6.07 Å². The number of hydrogen-bond donors (Lipinski definition) is 1. The maximum absolute atomic E-state index is 13.3. The molecule has 1 N–H and O–H groups in total. The maximum Gasteiger partial charge on any atom is 0.252 e. The van der Waals surface area contributed by atoms with Gasteiger partial charge >= 0.3 is 0 Å². The van der Waals surface area contributed by atoms with E-state index >= 15 is 0 Å². The minimum absolute atomic E-state index is 0.174. The Labute approximate surface area is 126 Å². The highest BCUT2D eigenvalue weighted by molar-refractivity contribution is 5.96. The Morgan fingerprint density at radius 1 is 1.33 bits per heavy atom. The quantitative estimate of drug-likeness (QED) is 0.928. The summed E-state index contributed by atoms with van der Waals surface area (Å²) in [6, 6.07) is 4.89. The minimum Gasteiger partial charge on any atom is -0.347 e. The topological polar surface area (TPSA) is 32.3 Å². The largest absolute Gasteiger partial charge is 0.347 e. The van der Waals surface area contributed by atoms with Crippen molar-refractivity contribution in [3.8, 4) is 0 Å². The van der Waals surface area contributed by atoms with Gasteiger partial charge < -0.3 is 10.2 Å². The summed E-state index contributed by atoms with van der Waals surface area (Å²) in [6.07, 6.45) is 1.84. The lowest BCUT2D eigenvalue weighted by molar-refractivity contribution is 0.0800. The molecule has 0 bridgehead atoms. The van der Waals surface area contributed by atoms with Crippen molar-refractivity contribution in [1.29, 1.82) is 0 Å². The number of aryl methyl sites for hydroxylation is 1. The Morgan fingerprint density at radius 3 is 2.52 bits per heavy atom. The van der Waals surface area contributed by atoms with Crippen molar-refractivity contribution in [2.45, 2.75) is 52.1 Å². The van der Waals surface area contributed by atoms with Crippen LogP contribution < -0.4 is 5.32 Å². The van der Waals surface area contributed by atoms with E-state index in [0.717, 1.165) is 31.5 Å². The van der Waals surface area contributed by atoms with E-state index < -0.39 is 0 Å². The molecule has 1 fully saturated rings. The monoisotopic (exact) mass is 292 g/mol. The molecule has 0 spiro atoms. The van der Waals surface area contributed by atoms with Crippen LogP contribution in [0, 0.1) is 12.7 Å². The molecule has 1 heterocycles. The molecule has 0 aromatic heterocycles. The fraction of sp³-hybridized carbons (Fsp3) is 0.588. The van der Waals surface area contributed by atoms with Crippen molar-refractivity contribution in [2.24, 2.45) is 0 Å². The number of carbonyl (C=O) groups is 1. The zero-order chi connectivity index (χ0) is 15.6. The third-order valence-corrected chi connectivity index (χ3v) is 4.49. The summed E-state index contributed by atoms with van der Waals surface area (Å²) in [6.45, 7) is 10.3. The predicted molar refractivity (Wildman–Crippen MR) is 83.0 cm³/mol. The van der Waals surface area contributed by atoms with Gasteiger partial charge in [-0.25, -0.2) is 4.39 Å². The molecule has 1 aliphatic heterocycles. The third-order valence-electron chi connectivity index (χ3n) is 4.49. The van der Waals surface area contributed by atoms with Gasteiger partial charge in [-0.05, 0) is 58.2 Å². The predicted octanol–water partition coefficient (Wildman–Crippen LogP) is 3.13. The molecule has 0 unspecified atom stereocenters. The summed E-state index contributed by atoms with van der Waals surface area (Å²) < 4.78 is 13.3. The number of nitrogens with one attached hydrogen (secondary N) is 1. The number of benzene rings is 1. The van der Waals surface area contributed by atoms with Crippen LogP contribution in [-0.2, 0) is 0 Å². The number of piperidine rings is 1. The summed E-state index contributed by atoms with van der Waals surface area (Å²) in [5, 5.41) is 3.11. The lowest BCUT2D eigenvalue weighted by atomic mass is 9.88. The van der Waals surface area contributed by atoms with Gasteiger partial charge in [-0.1, -0.05) is 6.07 Å². The van der Waals surface area contributed by atoms with Crippen molar-refractivity contribution >= 4 is 5.91 Å². The summed E-state index contributed by atoms with van der Waals surface area (Å²) >= 11 is 0. The highest BCUT2D eigenvalue weighted by Crippen LogP contribution is 2.24. The number of carbonyl (C=O) groups excluding carboxylic acids is 1. The van der Waals surface area contributed by atoms with E-state index in [4.69, 9.17) is 0 Å². The first-order chi connectivity index (χ1) is 9.81. The first kappa shape index (κ1) is 16.0. The summed E-state index contributed by atoms with van der Waals surface area (Å²) in [5.74, 6) is -0.543. The van der Waals surface area contributed by atoms with Gasteiger partial charge in [-0.15, -0.1) is 0 Å². The second kappa shape index (κ2) is 6.14. The summed E-state index contributed by atoms with van der Waals surface area (Å²) in [5.41, 5.74) is 1.03. The van der Waals surface area contributed by atoms with Crippen LogP contribution in [0.2, 0.25) is 0 Å². The number of halogens is 1. The molecule has 3 nitrogen and oxygen atoms in total. The molecule has 2 rings (SSSR count). The lowest BCUT2D eigenvalue weighted by Crippen LogP contribution is -2.54. The Balaban J connectivity index is 2.04. The Morgan fingerprint density at radius 2 is 1.95 bits per heavy atom. The van der Waals surface area contributed by atoms with Gasteiger partial charge in [0.2, 0.25) is 0 Å². The first-order valence-corrected chi connectivity index (χ1v) is 7.63. The number of rotatable bonds is 3. The van der Waals surface area contributed by atoms with Crippen LogP contribution >= 0.6 is 0 Å². The molecule has 1 amide bonds. The molecule has 4 heteroatoms. The second-order valence-electron chi connectivity index (χ2n) is 6.60. The van der Waals surface area contributed by atoms with Crippen molar-refractivity contribution in [3.63, 3.8) is 0 Å². The normalized spacial score (nSPS) is 18.8. The Kier molecular flexibility index (Phi) is 4.67. The summed E-state index contributed by atoms with van der Waals surface area (Å²) in [4.78, 5) is 14.8. The molecule has 0 aliphatic carbocycles. The fourth-order valence-corrected chi connectivity index (χ4v) is 2.84. The Hall–Kier alpha value is -1.42. The molecule has 21 heavy (non-hydrogen) atoms. The maximum atomic E-state index is 13.3. The molecular formula is C17H25FN2O. The Bertz CT molecular complexity index is 520. The third kappa shape index (κ3) is 3.82. The second-order valence-corrected chi connectivity index (χ2v) is 6.60. The molecule has 0 atom stereocenters. The van der Waals surface area contributed by atoms with Crippen LogP contribution in [0.15, 0.2) is 18.2 Å². The van der Waals surface area contributed by atoms with Crippen molar-refractivity contribution < 1.29 is 9.18 Å². The van der Waals surface area contributed by atoms with Crippen LogP contribution in [0.25, 0.3) is 0 Å². The van der Waals surface area contributed by atoms with Gasteiger partial charge in [0.25, 0.3) is 5.91 Å². The highest BCUT2D eigenvalue weighted by atomic mass is 19.1. The van der Waals surface area contributed by atoms with Gasteiger partial charge in [0, 0.05) is 30.2 Å². The van der Waals surface area contributed by atoms with Crippen LogP contribution in [0.3, 0.4) is 0 Å². The van der Waals surface area contributed by atoms with Gasteiger partial charge in [-0.2, -0.15) is 0 Å². The zero-order valence-corrected chi connectivity index (χ0v) is 13.4. The van der Waals surface area contributed by atoms with Gasteiger partial charge in [0.05, 0.1) is 0 Å². The van der Waals surface area contributed by atoms with Gasteiger partial charge in [0.15, 0.2) is 0 Å². The number of hydrogen-bond acceptors (Lipinski definition) is 2. The van der Waals surface area contributed by atoms with Crippen molar-refractivity contribution in [2.75, 3.05) is 13.1 Å². The number of nitrogens with zero attached hydrogens (tertiary/aromatic N) is 1. The molecule has 116 valence electrons. The first-order valence-electron chi connectivity index (χ1n) is 7.63. The minimum atomic E-state index is -0.370. The molecule has 1 aliphatic rings. The van der Waals surface area contributed by atoms with E-state index in [-0.39, 0.29) is 17.3 Å². The zero-order valence-electron chi connectivity index (χ0n) is 13.4. The smallest absolute Gasteiger partial charge is 0.252 e. The van der Waals surface area contributed by atoms with Crippen LogP contribution in [0.1, 0.15) is 49.5 Å². The standard InChI is InChI=1S/C17H25FN2O/c1-12(2)20-9-7-17(4,8-10-20)19-16(21)15-11-14(18)6-5-13(15)3/h5-6,11-12H,7-10H2,1-4H3,(H,19,21). The highest BCUT2D eigenvalue weighted by Gasteiger charge is 2.32. The number of likely N-dealkylation sites (tertiary alicyclic amines) is 1. The fourth-order valence-electron chi connectivity index (χ4n) is 2.84. The van der Waals surface area contributed by atoms with E-state index in [9.17, 15) is 9.18 Å². The molecule has 0 saturated carbocycles. The van der Waals surface area contributed by atoms with Crippen LogP contribution in [-0.4, -0.2) is 35.5 Å². The average molecular weight is 292 g/mol. The van der Waals surface area contributed by atoms with Gasteiger partial charge in [-0.3, -0.25) is 4.79 Å². The van der Waals surface area contributed by atoms with Crippen LogP contribution in [0.5, 0.6) is 0 Å². The molecule has 1 aromatic carbocycles. The van der Waals surface area contributed by atoms with E-state index in [0.29, 0.717) is 11.6 Å². The van der Waals surface area contributed by atoms with Crippen molar-refractivity contribution in [3.05, 3.63) is 35.1 Å². The SMILES string of the molecule is Cc1ccc(F)cc1C(=O)NC1(C)CCN(C(C)C)CC1. The van der Waals surface area contributed by atoms with Gasteiger partial charge in [0.1, 0.15) is 5.82 Å². The average Bonchev–Trinajstić information content (AvgIpc) is 2.41. The van der Waals surface area contributed by atoms with Crippen LogP contribution in [0.4, 0.5) is 4.39 Å². The number of amides is 1. The molecule has 1 aromatic rings. The molecule has 1 saturated heterocycles. The van der Waals surface area contributed by atoms with E-state index in [1.165, 1.54) is 12.1 Å².